The summed E-state index contributed by atoms with van der Waals surface area (Å²) < 4.78 is 7.99. The Morgan fingerprint density at radius 3 is 2.95 bits per heavy atom. The largest absolute Gasteiger partial charge is 0.376 e. The minimum Gasteiger partial charge on any atom is -0.376 e. The molecule has 1 aliphatic rings. The van der Waals surface area contributed by atoms with Gasteiger partial charge in [-0.25, -0.2) is 4.98 Å². The van der Waals surface area contributed by atoms with Crippen LogP contribution in [-0.4, -0.2) is 46.8 Å². The average Bonchev–Trinajstić information content (AvgIpc) is 2.71. The molecular formula is C15H27N3O. The third-order valence-electron chi connectivity index (χ3n) is 4.02. The predicted molar refractivity (Wildman–Crippen MR) is 77.2 cm³/mol. The number of ether oxygens (including phenoxy) is 1. The molecule has 0 aliphatic carbocycles. The molecule has 0 bridgehead atoms. The third-order valence-corrected chi connectivity index (χ3v) is 4.02. The van der Waals surface area contributed by atoms with E-state index in [4.69, 9.17) is 4.74 Å². The van der Waals surface area contributed by atoms with E-state index >= 15 is 0 Å². The number of hydrogen-bond acceptors (Lipinski definition) is 3. The summed E-state index contributed by atoms with van der Waals surface area (Å²) in [7, 11) is 2.22. The van der Waals surface area contributed by atoms with Gasteiger partial charge in [0.2, 0.25) is 0 Å². The Balaban J connectivity index is 1.75. The van der Waals surface area contributed by atoms with Crippen molar-refractivity contribution >= 4 is 0 Å². The highest BCUT2D eigenvalue weighted by molar-refractivity contribution is 4.88. The Kier molecular flexibility index (Phi) is 4.63. The monoisotopic (exact) mass is 265 g/mol. The van der Waals surface area contributed by atoms with Gasteiger partial charge in [-0.3, -0.25) is 0 Å². The van der Waals surface area contributed by atoms with Crippen molar-refractivity contribution in [1.82, 2.24) is 14.5 Å². The molecule has 4 nitrogen and oxygen atoms in total. The second-order valence-electron chi connectivity index (χ2n) is 6.40. The first-order valence-electron chi connectivity index (χ1n) is 7.26. The van der Waals surface area contributed by atoms with Crippen LogP contribution in [0.2, 0.25) is 0 Å². The van der Waals surface area contributed by atoms with Crippen molar-refractivity contribution in [2.24, 2.45) is 5.92 Å². The summed E-state index contributed by atoms with van der Waals surface area (Å²) >= 11 is 0. The highest BCUT2D eigenvalue weighted by atomic mass is 16.5. The quantitative estimate of drug-likeness (QED) is 0.818. The van der Waals surface area contributed by atoms with Crippen LogP contribution in [0, 0.1) is 12.8 Å². The summed E-state index contributed by atoms with van der Waals surface area (Å²) in [6.45, 7) is 10.6. The van der Waals surface area contributed by atoms with Crippen LogP contribution in [0.1, 0.15) is 32.5 Å². The smallest absolute Gasteiger partial charge is 0.105 e. The van der Waals surface area contributed by atoms with E-state index in [0.717, 1.165) is 31.4 Å². The summed E-state index contributed by atoms with van der Waals surface area (Å²) in [5.41, 5.74) is 0.0602. The van der Waals surface area contributed by atoms with Crippen molar-refractivity contribution in [2.75, 3.05) is 26.7 Å². The molecule has 1 aromatic heterocycles. The van der Waals surface area contributed by atoms with Crippen molar-refractivity contribution in [2.45, 2.75) is 45.8 Å². The Morgan fingerprint density at radius 1 is 1.53 bits per heavy atom. The van der Waals surface area contributed by atoms with Gasteiger partial charge in [0.1, 0.15) is 5.82 Å². The van der Waals surface area contributed by atoms with Crippen LogP contribution >= 0.6 is 0 Å². The van der Waals surface area contributed by atoms with Gasteiger partial charge in [-0.05, 0) is 46.6 Å². The number of likely N-dealkylation sites (N-methyl/N-ethyl adjacent to an activating group) is 1. The normalized spacial score (nSPS) is 22.9. The van der Waals surface area contributed by atoms with Crippen LogP contribution in [0.4, 0.5) is 0 Å². The maximum Gasteiger partial charge on any atom is 0.105 e. The van der Waals surface area contributed by atoms with Crippen molar-refractivity contribution in [1.29, 1.82) is 0 Å². The second-order valence-corrected chi connectivity index (χ2v) is 6.40. The number of aryl methyl sites for hydroxylation is 1. The van der Waals surface area contributed by atoms with Crippen LogP contribution < -0.4 is 0 Å². The summed E-state index contributed by atoms with van der Waals surface area (Å²) in [6.07, 6.45) is 6.29. The van der Waals surface area contributed by atoms with E-state index in [0.29, 0.717) is 0 Å². The lowest BCUT2D eigenvalue weighted by atomic mass is 9.88. The van der Waals surface area contributed by atoms with Crippen LogP contribution in [0.5, 0.6) is 0 Å². The fraction of sp³-hybridized carbons (Fsp3) is 0.800. The second kappa shape index (κ2) is 6.06. The average molecular weight is 265 g/mol. The fourth-order valence-corrected chi connectivity index (χ4v) is 2.96. The number of rotatable bonds is 5. The molecule has 1 aromatic rings. The van der Waals surface area contributed by atoms with Crippen LogP contribution in [0.3, 0.4) is 0 Å². The van der Waals surface area contributed by atoms with Gasteiger partial charge < -0.3 is 14.2 Å². The molecule has 1 unspecified atom stereocenters. The molecule has 1 aliphatic heterocycles. The van der Waals surface area contributed by atoms with Crippen molar-refractivity contribution in [3.8, 4) is 0 Å². The first kappa shape index (κ1) is 14.5. The number of imidazole rings is 1. The lowest BCUT2D eigenvalue weighted by Crippen LogP contribution is -2.39. The molecule has 0 spiro atoms. The Hall–Kier alpha value is -0.870. The SMILES string of the molecule is Cc1nccn1CCN(C)CC1CCOC(C)(C)C1. The molecule has 4 heteroatoms. The van der Waals surface area contributed by atoms with Crippen LogP contribution in [0.25, 0.3) is 0 Å². The number of nitrogens with zero attached hydrogens (tertiary/aromatic N) is 3. The highest BCUT2D eigenvalue weighted by Gasteiger charge is 2.29. The molecule has 108 valence electrons. The van der Waals surface area contributed by atoms with Crippen molar-refractivity contribution in [3.05, 3.63) is 18.2 Å². The number of hydrogen-bond donors (Lipinski definition) is 0. The Labute approximate surface area is 116 Å². The van der Waals surface area contributed by atoms with Gasteiger partial charge in [0, 0.05) is 38.6 Å². The van der Waals surface area contributed by atoms with Gasteiger partial charge in [-0.2, -0.15) is 0 Å². The molecular weight excluding hydrogens is 238 g/mol. The zero-order chi connectivity index (χ0) is 13.9. The standard InChI is InChI=1S/C15H27N3O/c1-13-16-6-7-18(13)9-8-17(4)12-14-5-10-19-15(2,3)11-14/h6-7,14H,5,8-12H2,1-4H3. The highest BCUT2D eigenvalue weighted by Crippen LogP contribution is 2.28. The molecule has 1 atom stereocenters. The Morgan fingerprint density at radius 2 is 2.32 bits per heavy atom. The van der Waals surface area contributed by atoms with Crippen molar-refractivity contribution < 1.29 is 4.74 Å². The molecule has 0 N–H and O–H groups in total. The van der Waals surface area contributed by atoms with Gasteiger partial charge in [-0.1, -0.05) is 0 Å². The molecule has 0 amide bonds. The Bertz CT molecular complexity index is 400. The summed E-state index contributed by atoms with van der Waals surface area (Å²) in [5, 5.41) is 0. The van der Waals surface area contributed by atoms with Crippen LogP contribution in [0.15, 0.2) is 12.4 Å². The summed E-state index contributed by atoms with van der Waals surface area (Å²) in [5.74, 6) is 1.86. The van der Waals surface area contributed by atoms with Gasteiger partial charge in [-0.15, -0.1) is 0 Å². The third kappa shape index (κ3) is 4.32. The minimum atomic E-state index is 0.0602. The van der Waals surface area contributed by atoms with Gasteiger partial charge in [0.25, 0.3) is 0 Å². The van der Waals surface area contributed by atoms with E-state index < -0.39 is 0 Å². The molecule has 1 fully saturated rings. The molecule has 0 aromatic carbocycles. The maximum absolute atomic E-state index is 5.78. The maximum atomic E-state index is 5.78. The summed E-state index contributed by atoms with van der Waals surface area (Å²) in [6, 6.07) is 0. The predicted octanol–water partition coefficient (Wildman–Crippen LogP) is 2.33. The lowest BCUT2D eigenvalue weighted by Gasteiger charge is -2.37. The number of aromatic nitrogens is 2. The van der Waals surface area contributed by atoms with Gasteiger partial charge in [0.15, 0.2) is 0 Å². The lowest BCUT2D eigenvalue weighted by molar-refractivity contribution is -0.0759. The molecule has 2 heterocycles. The van der Waals surface area contributed by atoms with Crippen molar-refractivity contribution in [3.63, 3.8) is 0 Å². The van der Waals surface area contributed by atoms with Gasteiger partial charge >= 0.3 is 0 Å². The van der Waals surface area contributed by atoms with E-state index in [1.54, 1.807) is 0 Å². The molecule has 0 radical (unpaired) electrons. The van der Waals surface area contributed by atoms with E-state index in [2.05, 4.69) is 48.5 Å². The molecule has 0 saturated carbocycles. The minimum absolute atomic E-state index is 0.0602. The zero-order valence-electron chi connectivity index (χ0n) is 12.7. The fourth-order valence-electron chi connectivity index (χ4n) is 2.96. The van der Waals surface area contributed by atoms with E-state index in [9.17, 15) is 0 Å². The molecule has 1 saturated heterocycles. The van der Waals surface area contributed by atoms with E-state index in [-0.39, 0.29) is 5.60 Å². The van der Waals surface area contributed by atoms with Crippen LogP contribution in [-0.2, 0) is 11.3 Å². The first-order chi connectivity index (χ1) is 8.96. The van der Waals surface area contributed by atoms with Gasteiger partial charge in [0.05, 0.1) is 5.60 Å². The van der Waals surface area contributed by atoms with E-state index in [1.165, 1.54) is 19.4 Å². The summed E-state index contributed by atoms with van der Waals surface area (Å²) in [4.78, 5) is 6.69. The van der Waals surface area contributed by atoms with E-state index in [1.807, 2.05) is 6.20 Å². The molecule has 2 rings (SSSR count). The topological polar surface area (TPSA) is 30.3 Å². The zero-order valence-corrected chi connectivity index (χ0v) is 12.7. The molecule has 19 heavy (non-hydrogen) atoms. The first-order valence-corrected chi connectivity index (χ1v) is 7.26.